The number of rotatable bonds is 4. The molecule has 0 spiro atoms. The van der Waals surface area contributed by atoms with E-state index in [1.807, 2.05) is 0 Å². The van der Waals surface area contributed by atoms with Gasteiger partial charge in [-0.1, -0.05) is 6.92 Å². The molecule has 6 nitrogen and oxygen atoms in total. The highest BCUT2D eigenvalue weighted by atomic mass is 16.4. The maximum atomic E-state index is 10.9. The van der Waals surface area contributed by atoms with Gasteiger partial charge in [0.25, 0.3) is 0 Å². The average Bonchev–Trinajstić information content (AvgIpc) is 2.50. The predicted octanol–water partition coefficient (Wildman–Crippen LogP) is -0.663. The normalized spacial score (nSPS) is 28.9. The van der Waals surface area contributed by atoms with Gasteiger partial charge in [-0.15, -0.1) is 0 Å². The minimum Gasteiger partial charge on any atom is -0.480 e. The first-order chi connectivity index (χ1) is 6.90. The van der Waals surface area contributed by atoms with Crippen molar-refractivity contribution in [1.82, 2.24) is 4.90 Å². The lowest BCUT2D eigenvalue weighted by molar-refractivity contribution is -0.146. The van der Waals surface area contributed by atoms with Crippen LogP contribution in [0.2, 0.25) is 0 Å². The molecular formula is C9H16N2O4. The highest BCUT2D eigenvalue weighted by Crippen LogP contribution is 2.22. The molecule has 0 aromatic rings. The minimum atomic E-state index is -1.29. The second-order valence-electron chi connectivity index (χ2n) is 3.94. The summed E-state index contributed by atoms with van der Waals surface area (Å²) in [5.74, 6) is -1.99. The molecule has 1 rings (SSSR count). The molecule has 0 saturated carbocycles. The second kappa shape index (κ2) is 4.16. The van der Waals surface area contributed by atoms with Gasteiger partial charge in [0.05, 0.1) is 0 Å². The molecule has 4 N–H and O–H groups in total. The number of hydrogen-bond acceptors (Lipinski definition) is 4. The Balaban J connectivity index is 2.70. The van der Waals surface area contributed by atoms with E-state index >= 15 is 0 Å². The summed E-state index contributed by atoms with van der Waals surface area (Å²) in [7, 11) is 0. The van der Waals surface area contributed by atoms with Gasteiger partial charge in [0.2, 0.25) is 0 Å². The van der Waals surface area contributed by atoms with Crippen molar-refractivity contribution in [2.24, 2.45) is 5.73 Å². The number of aliphatic carboxylic acids is 2. The zero-order valence-electron chi connectivity index (χ0n) is 8.64. The first-order valence-electron chi connectivity index (χ1n) is 4.90. The average molecular weight is 216 g/mol. The van der Waals surface area contributed by atoms with E-state index in [9.17, 15) is 9.59 Å². The van der Waals surface area contributed by atoms with E-state index in [1.165, 1.54) is 0 Å². The Morgan fingerprint density at radius 3 is 2.47 bits per heavy atom. The van der Waals surface area contributed by atoms with Gasteiger partial charge < -0.3 is 15.9 Å². The Labute approximate surface area is 87.7 Å². The van der Waals surface area contributed by atoms with E-state index < -0.39 is 23.5 Å². The Hall–Kier alpha value is -1.14. The topological polar surface area (TPSA) is 104 Å². The van der Waals surface area contributed by atoms with Crippen molar-refractivity contribution in [3.05, 3.63) is 0 Å². The van der Waals surface area contributed by atoms with Gasteiger partial charge in [-0.2, -0.15) is 0 Å². The number of nitrogens with two attached hydrogens (primary N) is 1. The van der Waals surface area contributed by atoms with E-state index in [-0.39, 0.29) is 6.54 Å². The van der Waals surface area contributed by atoms with Gasteiger partial charge >= 0.3 is 11.9 Å². The summed E-state index contributed by atoms with van der Waals surface area (Å²) in [5.41, 5.74) is 4.36. The molecule has 0 radical (unpaired) electrons. The first-order valence-corrected chi connectivity index (χ1v) is 4.90. The molecule has 2 atom stereocenters. The maximum Gasteiger partial charge on any atom is 0.325 e. The van der Waals surface area contributed by atoms with Gasteiger partial charge in [0.1, 0.15) is 11.6 Å². The standard InChI is InChI=1S/C9H16N2O4/c1-2-6(7(12)13)11-4-3-9(10,5-11)8(14)15/h6H,2-5,10H2,1H3,(H,12,13)(H,14,15). The van der Waals surface area contributed by atoms with Crippen LogP contribution in [0.5, 0.6) is 0 Å². The van der Waals surface area contributed by atoms with E-state index in [0.717, 1.165) is 0 Å². The smallest absolute Gasteiger partial charge is 0.325 e. The van der Waals surface area contributed by atoms with Crippen molar-refractivity contribution >= 4 is 11.9 Å². The summed E-state index contributed by atoms with van der Waals surface area (Å²) in [6, 6.07) is -0.630. The first kappa shape index (κ1) is 11.9. The molecule has 1 heterocycles. The molecule has 6 heteroatoms. The molecule has 86 valence electrons. The minimum absolute atomic E-state index is 0.104. The van der Waals surface area contributed by atoms with E-state index in [1.54, 1.807) is 11.8 Å². The number of nitrogens with zero attached hydrogens (tertiary/aromatic N) is 1. The molecule has 1 fully saturated rings. The highest BCUT2D eigenvalue weighted by Gasteiger charge is 2.44. The third kappa shape index (κ3) is 2.27. The van der Waals surface area contributed by atoms with E-state index in [4.69, 9.17) is 15.9 Å². The van der Waals surface area contributed by atoms with Crippen LogP contribution in [0.3, 0.4) is 0 Å². The molecule has 0 bridgehead atoms. The van der Waals surface area contributed by atoms with Crippen molar-refractivity contribution in [3.8, 4) is 0 Å². The Kier molecular flexibility index (Phi) is 3.31. The lowest BCUT2D eigenvalue weighted by atomic mass is 10.0. The quantitative estimate of drug-likeness (QED) is 0.576. The Morgan fingerprint density at radius 2 is 2.13 bits per heavy atom. The maximum absolute atomic E-state index is 10.9. The van der Waals surface area contributed by atoms with Crippen molar-refractivity contribution in [2.45, 2.75) is 31.3 Å². The highest BCUT2D eigenvalue weighted by molar-refractivity contribution is 5.80. The summed E-state index contributed by atoms with van der Waals surface area (Å²) in [5, 5.41) is 17.8. The summed E-state index contributed by atoms with van der Waals surface area (Å²) in [6.45, 7) is 2.29. The fraction of sp³-hybridized carbons (Fsp3) is 0.778. The lowest BCUT2D eigenvalue weighted by Crippen LogP contribution is -2.52. The number of carboxylic acids is 2. The van der Waals surface area contributed by atoms with Crippen molar-refractivity contribution in [1.29, 1.82) is 0 Å². The van der Waals surface area contributed by atoms with Crippen LogP contribution in [0.1, 0.15) is 19.8 Å². The zero-order chi connectivity index (χ0) is 11.6. The van der Waals surface area contributed by atoms with Crippen molar-refractivity contribution < 1.29 is 19.8 Å². The van der Waals surface area contributed by atoms with Gasteiger partial charge in [-0.25, -0.2) is 0 Å². The SMILES string of the molecule is CCC(C(=O)O)N1CCC(N)(C(=O)O)C1. The summed E-state index contributed by atoms with van der Waals surface area (Å²) in [6.07, 6.45) is 0.747. The van der Waals surface area contributed by atoms with E-state index in [2.05, 4.69) is 0 Å². The fourth-order valence-corrected chi connectivity index (χ4v) is 1.89. The molecule has 2 unspecified atom stereocenters. The van der Waals surface area contributed by atoms with Crippen molar-refractivity contribution in [3.63, 3.8) is 0 Å². The summed E-state index contributed by atoms with van der Waals surface area (Å²) < 4.78 is 0. The van der Waals surface area contributed by atoms with Crippen molar-refractivity contribution in [2.75, 3.05) is 13.1 Å². The lowest BCUT2D eigenvalue weighted by Gasteiger charge is -2.24. The number of carboxylic acid groups (broad SMARTS) is 2. The fourth-order valence-electron chi connectivity index (χ4n) is 1.89. The molecule has 0 amide bonds. The molecule has 0 aliphatic carbocycles. The monoisotopic (exact) mass is 216 g/mol. The molecule has 15 heavy (non-hydrogen) atoms. The molecule has 0 aromatic carbocycles. The van der Waals surface area contributed by atoms with Gasteiger partial charge in [-0.05, 0) is 12.8 Å². The summed E-state index contributed by atoms with van der Waals surface area (Å²) >= 11 is 0. The van der Waals surface area contributed by atoms with Crippen LogP contribution in [-0.4, -0.2) is 51.7 Å². The molecule has 1 aliphatic heterocycles. The summed E-state index contributed by atoms with van der Waals surface area (Å²) in [4.78, 5) is 23.3. The van der Waals surface area contributed by atoms with Crippen LogP contribution in [0.15, 0.2) is 0 Å². The largest absolute Gasteiger partial charge is 0.480 e. The second-order valence-corrected chi connectivity index (χ2v) is 3.94. The van der Waals surface area contributed by atoms with Crippen LogP contribution in [0.4, 0.5) is 0 Å². The third-order valence-electron chi connectivity index (χ3n) is 2.87. The number of carbonyl (C=O) groups is 2. The molecule has 1 aliphatic rings. The van der Waals surface area contributed by atoms with E-state index in [0.29, 0.717) is 19.4 Å². The molecule has 1 saturated heterocycles. The Bertz CT molecular complexity index is 281. The van der Waals surface area contributed by atoms with Crippen LogP contribution in [-0.2, 0) is 9.59 Å². The van der Waals surface area contributed by atoms with Gasteiger partial charge in [0.15, 0.2) is 0 Å². The molecular weight excluding hydrogens is 200 g/mol. The molecule has 0 aromatic heterocycles. The predicted molar refractivity (Wildman–Crippen MR) is 52.5 cm³/mol. The van der Waals surface area contributed by atoms with Crippen LogP contribution >= 0.6 is 0 Å². The number of likely N-dealkylation sites (tertiary alicyclic amines) is 1. The van der Waals surface area contributed by atoms with Crippen LogP contribution in [0.25, 0.3) is 0 Å². The zero-order valence-corrected chi connectivity index (χ0v) is 8.64. The van der Waals surface area contributed by atoms with Gasteiger partial charge in [-0.3, -0.25) is 14.5 Å². The van der Waals surface area contributed by atoms with Gasteiger partial charge in [0, 0.05) is 13.1 Å². The number of hydrogen-bond donors (Lipinski definition) is 3. The Morgan fingerprint density at radius 1 is 1.53 bits per heavy atom. The third-order valence-corrected chi connectivity index (χ3v) is 2.87. The van der Waals surface area contributed by atoms with Crippen LogP contribution < -0.4 is 5.73 Å². The van der Waals surface area contributed by atoms with Crippen LogP contribution in [0, 0.1) is 0 Å².